The molecular formula is C24H27FN4O2. The Balaban J connectivity index is 1.69. The van der Waals surface area contributed by atoms with E-state index in [-0.39, 0.29) is 23.4 Å². The minimum absolute atomic E-state index is 0.0946. The molecule has 2 aromatic rings. The second-order valence-corrected chi connectivity index (χ2v) is 8.11. The average Bonchev–Trinajstić information content (AvgIpc) is 2.76. The molecule has 31 heavy (non-hydrogen) atoms. The Morgan fingerprint density at radius 2 is 2.19 bits per heavy atom. The van der Waals surface area contributed by atoms with Crippen LogP contribution in [0.1, 0.15) is 55.8 Å². The van der Waals surface area contributed by atoms with Crippen molar-refractivity contribution in [1.82, 2.24) is 20.7 Å². The van der Waals surface area contributed by atoms with Crippen molar-refractivity contribution in [3.63, 3.8) is 0 Å². The molecule has 2 heterocycles. The summed E-state index contributed by atoms with van der Waals surface area (Å²) in [7, 11) is 0. The summed E-state index contributed by atoms with van der Waals surface area (Å²) in [5.41, 5.74) is 7.06. The van der Waals surface area contributed by atoms with Crippen LogP contribution in [-0.4, -0.2) is 28.2 Å². The molecule has 1 aromatic carbocycles. The van der Waals surface area contributed by atoms with Crippen LogP contribution >= 0.6 is 0 Å². The Hall–Kier alpha value is -3.06. The lowest BCUT2D eigenvalue weighted by Gasteiger charge is -2.36. The fraction of sp³-hybridized carbons (Fsp3) is 0.375. The predicted octanol–water partition coefficient (Wildman–Crippen LogP) is 3.52. The van der Waals surface area contributed by atoms with E-state index < -0.39 is 6.04 Å². The number of benzene rings is 1. The van der Waals surface area contributed by atoms with E-state index in [4.69, 9.17) is 0 Å². The third kappa shape index (κ3) is 4.23. The van der Waals surface area contributed by atoms with E-state index in [1.807, 2.05) is 18.0 Å². The van der Waals surface area contributed by atoms with Crippen molar-refractivity contribution in [2.45, 2.75) is 45.7 Å². The van der Waals surface area contributed by atoms with Gasteiger partial charge >= 0.3 is 0 Å². The molecule has 2 N–H and O–H groups in total. The van der Waals surface area contributed by atoms with E-state index in [9.17, 15) is 14.0 Å². The molecule has 1 fully saturated rings. The molecule has 0 bridgehead atoms. The van der Waals surface area contributed by atoms with Crippen LogP contribution in [0.3, 0.4) is 0 Å². The molecule has 162 valence electrons. The van der Waals surface area contributed by atoms with Gasteiger partial charge in [-0.15, -0.1) is 0 Å². The van der Waals surface area contributed by atoms with Crippen LogP contribution in [0.25, 0.3) is 5.57 Å². The number of carbonyl (C=O) groups is 2. The second kappa shape index (κ2) is 8.98. The third-order valence-corrected chi connectivity index (χ3v) is 6.07. The van der Waals surface area contributed by atoms with Gasteiger partial charge in [-0.2, -0.15) is 0 Å². The van der Waals surface area contributed by atoms with Gasteiger partial charge in [0.15, 0.2) is 0 Å². The van der Waals surface area contributed by atoms with E-state index in [2.05, 4.69) is 22.7 Å². The van der Waals surface area contributed by atoms with Crippen molar-refractivity contribution in [2.75, 3.05) is 6.54 Å². The van der Waals surface area contributed by atoms with Gasteiger partial charge in [-0.05, 0) is 49.1 Å². The lowest BCUT2D eigenvalue weighted by Crippen LogP contribution is -2.44. The van der Waals surface area contributed by atoms with Gasteiger partial charge in [0.25, 0.3) is 5.91 Å². The highest BCUT2D eigenvalue weighted by molar-refractivity contribution is 6.21. The van der Waals surface area contributed by atoms with Gasteiger partial charge in [-0.1, -0.05) is 19.1 Å². The lowest BCUT2D eigenvalue weighted by atomic mass is 9.75. The Morgan fingerprint density at radius 1 is 1.35 bits per heavy atom. The molecule has 0 radical (unpaired) electrons. The maximum Gasteiger partial charge on any atom is 0.254 e. The first kappa shape index (κ1) is 21.2. The van der Waals surface area contributed by atoms with Crippen LogP contribution in [0.5, 0.6) is 0 Å². The monoisotopic (exact) mass is 422 g/mol. The maximum absolute atomic E-state index is 13.9. The van der Waals surface area contributed by atoms with Crippen LogP contribution < -0.4 is 10.7 Å². The van der Waals surface area contributed by atoms with Crippen molar-refractivity contribution in [3.8, 4) is 0 Å². The Kier molecular flexibility index (Phi) is 6.13. The third-order valence-electron chi connectivity index (χ3n) is 6.07. The fourth-order valence-corrected chi connectivity index (χ4v) is 4.22. The summed E-state index contributed by atoms with van der Waals surface area (Å²) in [6, 6.07) is 7.46. The molecule has 4 rings (SSSR count). The zero-order chi connectivity index (χ0) is 22.0. The number of ketones is 1. The molecule has 1 saturated carbocycles. The number of hydrogen-bond acceptors (Lipinski definition) is 5. The summed E-state index contributed by atoms with van der Waals surface area (Å²) in [6.07, 6.45) is 5.56. The van der Waals surface area contributed by atoms with Crippen LogP contribution in [-0.2, 0) is 16.1 Å². The fourth-order valence-electron chi connectivity index (χ4n) is 4.22. The number of Topliss-reactive ketones (excluding diaryl/α,β-unsaturated/α-hetero) is 1. The van der Waals surface area contributed by atoms with E-state index >= 15 is 0 Å². The summed E-state index contributed by atoms with van der Waals surface area (Å²) < 4.78 is 13.9. The Bertz CT molecular complexity index is 1040. The summed E-state index contributed by atoms with van der Waals surface area (Å²) in [5, 5.41) is 5.02. The highest BCUT2D eigenvalue weighted by atomic mass is 19.1. The van der Waals surface area contributed by atoms with E-state index in [0.717, 1.165) is 29.8 Å². The first-order chi connectivity index (χ1) is 15.0. The molecular weight excluding hydrogens is 395 g/mol. The van der Waals surface area contributed by atoms with E-state index in [0.29, 0.717) is 30.5 Å². The number of pyridine rings is 1. The topological polar surface area (TPSA) is 74.3 Å². The van der Waals surface area contributed by atoms with E-state index in [1.54, 1.807) is 24.5 Å². The van der Waals surface area contributed by atoms with Gasteiger partial charge in [0.05, 0.1) is 18.2 Å². The summed E-state index contributed by atoms with van der Waals surface area (Å²) >= 11 is 0. The van der Waals surface area contributed by atoms with Gasteiger partial charge in [-0.3, -0.25) is 14.6 Å². The van der Waals surface area contributed by atoms with Crippen LogP contribution in [0.15, 0.2) is 48.4 Å². The molecule has 1 unspecified atom stereocenters. The molecule has 1 aliphatic heterocycles. The van der Waals surface area contributed by atoms with Crippen LogP contribution in [0.4, 0.5) is 4.39 Å². The van der Waals surface area contributed by atoms with Gasteiger partial charge in [0, 0.05) is 42.5 Å². The number of carbonyl (C=O) groups excluding carboxylic acids is 2. The lowest BCUT2D eigenvalue weighted by molar-refractivity contribution is -0.131. The standard InChI is InChI=1S/C24H27FN4O2/c1-3-10-27-29-14-17-9-11-26-13-20(17)22(15(29)2)24(31)28-23(19-7-8-21(19)30)16-5-4-6-18(25)12-16/h4-6,9,11-13,19,23,27H,3,7-8,10,14H2,1-2H3,(H,28,31)/t19?,23-/m1/s1. The number of nitrogens with zero attached hydrogens (tertiary/aromatic N) is 2. The van der Waals surface area contributed by atoms with Gasteiger partial charge in [0.1, 0.15) is 11.6 Å². The highest BCUT2D eigenvalue weighted by Gasteiger charge is 2.38. The molecule has 6 nitrogen and oxygen atoms in total. The molecule has 2 aliphatic rings. The van der Waals surface area contributed by atoms with Crippen LogP contribution in [0, 0.1) is 11.7 Å². The summed E-state index contributed by atoms with van der Waals surface area (Å²) in [4.78, 5) is 30.0. The van der Waals surface area contributed by atoms with E-state index in [1.165, 1.54) is 12.1 Å². The SMILES string of the molecule is CCCNN1Cc2ccncc2C(C(=O)N[C@H](c2cccc(F)c2)C2CCC2=O)=C1C. The van der Waals surface area contributed by atoms with Gasteiger partial charge in [-0.25, -0.2) is 9.82 Å². The van der Waals surface area contributed by atoms with Crippen molar-refractivity contribution in [3.05, 3.63) is 70.9 Å². The highest BCUT2D eigenvalue weighted by Crippen LogP contribution is 2.37. The number of nitrogens with one attached hydrogen (secondary N) is 2. The number of allylic oxidation sites excluding steroid dienone is 1. The van der Waals surface area contributed by atoms with Gasteiger partial charge < -0.3 is 10.3 Å². The Morgan fingerprint density at radius 3 is 2.87 bits per heavy atom. The Labute approximate surface area is 181 Å². The molecule has 1 aromatic heterocycles. The average molecular weight is 423 g/mol. The number of fused-ring (bicyclic) bond motifs is 1. The molecule has 0 saturated heterocycles. The number of rotatable bonds is 7. The molecule has 0 spiro atoms. The normalized spacial score (nSPS) is 19.0. The zero-order valence-corrected chi connectivity index (χ0v) is 17.8. The second-order valence-electron chi connectivity index (χ2n) is 8.11. The van der Waals surface area contributed by atoms with Gasteiger partial charge in [0.2, 0.25) is 0 Å². The first-order valence-corrected chi connectivity index (χ1v) is 10.7. The van der Waals surface area contributed by atoms with Crippen molar-refractivity contribution in [1.29, 1.82) is 0 Å². The number of hydrogen-bond donors (Lipinski definition) is 2. The number of aromatic nitrogens is 1. The largest absolute Gasteiger partial charge is 0.344 e. The number of hydrazine groups is 1. The summed E-state index contributed by atoms with van der Waals surface area (Å²) in [5.74, 6) is -0.917. The maximum atomic E-state index is 13.9. The minimum Gasteiger partial charge on any atom is -0.344 e. The van der Waals surface area contributed by atoms with Crippen molar-refractivity contribution < 1.29 is 14.0 Å². The smallest absolute Gasteiger partial charge is 0.254 e. The predicted molar refractivity (Wildman–Crippen MR) is 116 cm³/mol. The molecule has 1 amide bonds. The van der Waals surface area contributed by atoms with Crippen LogP contribution in [0.2, 0.25) is 0 Å². The zero-order valence-electron chi connectivity index (χ0n) is 17.8. The number of amides is 1. The summed E-state index contributed by atoms with van der Waals surface area (Å²) in [6.45, 7) is 5.41. The first-order valence-electron chi connectivity index (χ1n) is 10.7. The van der Waals surface area contributed by atoms with Crippen molar-refractivity contribution >= 4 is 17.3 Å². The minimum atomic E-state index is -0.566. The quantitative estimate of drug-likeness (QED) is 0.714. The van der Waals surface area contributed by atoms with Crippen molar-refractivity contribution in [2.24, 2.45) is 5.92 Å². The number of halogens is 1. The molecule has 2 atom stereocenters. The molecule has 1 aliphatic carbocycles. The molecule has 7 heteroatoms.